The molecule has 0 amide bonds. The predicted octanol–water partition coefficient (Wildman–Crippen LogP) is 2.75. The number of hydrogen-bond donors (Lipinski definition) is 1. The minimum absolute atomic E-state index is 0.206. The lowest BCUT2D eigenvalue weighted by atomic mass is 10.1. The largest absolute Gasteiger partial charge is 0.326 e. The van der Waals surface area contributed by atoms with Crippen molar-refractivity contribution in [3.8, 4) is 0 Å². The molecular formula is C15H13ClFNO2S. The summed E-state index contributed by atoms with van der Waals surface area (Å²) in [6.45, 7) is 0. The second-order valence-electron chi connectivity index (χ2n) is 5.12. The highest BCUT2D eigenvalue weighted by atomic mass is 35.5. The van der Waals surface area contributed by atoms with E-state index < -0.39 is 21.1 Å². The van der Waals surface area contributed by atoms with E-state index in [2.05, 4.69) is 0 Å². The van der Waals surface area contributed by atoms with Crippen LogP contribution in [0, 0.1) is 5.82 Å². The van der Waals surface area contributed by atoms with Crippen LogP contribution in [0.5, 0.6) is 0 Å². The number of hydrogen-bond acceptors (Lipinski definition) is 3. The molecule has 0 radical (unpaired) electrons. The normalized spacial score (nSPS) is 24.8. The van der Waals surface area contributed by atoms with Crippen LogP contribution < -0.4 is 5.73 Å². The molecule has 110 valence electrons. The van der Waals surface area contributed by atoms with Gasteiger partial charge in [-0.2, -0.15) is 0 Å². The average Bonchev–Trinajstić information content (AvgIpc) is 3.12. The summed E-state index contributed by atoms with van der Waals surface area (Å²) in [5, 5.41) is -0.201. The zero-order chi connectivity index (χ0) is 15.2. The summed E-state index contributed by atoms with van der Waals surface area (Å²) < 4.78 is 38.1. The second kappa shape index (κ2) is 5.09. The van der Waals surface area contributed by atoms with E-state index in [1.54, 1.807) is 12.1 Å². The number of nitrogens with two attached hydrogens (primary N) is 1. The maximum Gasteiger partial charge on any atom is 0.183 e. The zero-order valence-corrected chi connectivity index (χ0v) is 12.5. The Kier molecular flexibility index (Phi) is 3.51. The van der Waals surface area contributed by atoms with Gasteiger partial charge in [0.25, 0.3) is 0 Å². The van der Waals surface area contributed by atoms with Crippen molar-refractivity contribution < 1.29 is 12.8 Å². The molecule has 0 unspecified atom stereocenters. The standard InChI is InChI=1S/C15H13ClFNO2S/c16-10-3-7-12(8-4-10)21(19,20)15-13(14(15)18)9-1-5-11(17)6-2-9/h1-8,13-15H,18H2/t13-,14-,15-/m1/s1. The molecule has 0 saturated heterocycles. The van der Waals surface area contributed by atoms with Crippen LogP contribution in [-0.2, 0) is 9.84 Å². The van der Waals surface area contributed by atoms with Crippen LogP contribution in [0.2, 0.25) is 5.02 Å². The van der Waals surface area contributed by atoms with E-state index in [4.69, 9.17) is 17.3 Å². The van der Waals surface area contributed by atoms with Gasteiger partial charge in [0.15, 0.2) is 9.84 Å². The lowest BCUT2D eigenvalue weighted by Gasteiger charge is -2.04. The van der Waals surface area contributed by atoms with E-state index in [9.17, 15) is 12.8 Å². The third kappa shape index (κ3) is 2.57. The number of halogens is 2. The van der Waals surface area contributed by atoms with Crippen LogP contribution in [0.4, 0.5) is 4.39 Å². The van der Waals surface area contributed by atoms with Crippen molar-refractivity contribution in [3.05, 3.63) is 64.9 Å². The van der Waals surface area contributed by atoms with Crippen LogP contribution in [0.15, 0.2) is 53.4 Å². The Hall–Kier alpha value is -1.43. The maximum atomic E-state index is 12.9. The molecule has 3 atom stereocenters. The van der Waals surface area contributed by atoms with Crippen molar-refractivity contribution in [1.29, 1.82) is 0 Å². The van der Waals surface area contributed by atoms with Crippen LogP contribution >= 0.6 is 11.6 Å². The molecule has 0 aromatic heterocycles. The summed E-state index contributed by atoms with van der Waals surface area (Å²) in [5.74, 6) is -0.656. The van der Waals surface area contributed by atoms with Gasteiger partial charge in [-0.05, 0) is 42.0 Å². The Bertz CT molecular complexity index is 759. The number of rotatable bonds is 3. The summed E-state index contributed by atoms with van der Waals surface area (Å²) in [5.41, 5.74) is 6.68. The third-order valence-corrected chi connectivity index (χ3v) is 6.27. The summed E-state index contributed by atoms with van der Waals surface area (Å²) in [6.07, 6.45) is 0. The Labute approximate surface area is 127 Å². The van der Waals surface area contributed by atoms with Crippen LogP contribution in [0.3, 0.4) is 0 Å². The Balaban J connectivity index is 1.91. The van der Waals surface area contributed by atoms with Crippen molar-refractivity contribution >= 4 is 21.4 Å². The highest BCUT2D eigenvalue weighted by molar-refractivity contribution is 7.92. The molecule has 0 bridgehead atoms. The highest BCUT2D eigenvalue weighted by Crippen LogP contribution is 2.47. The zero-order valence-electron chi connectivity index (χ0n) is 10.9. The second-order valence-corrected chi connectivity index (χ2v) is 7.66. The van der Waals surface area contributed by atoms with E-state index in [0.29, 0.717) is 5.02 Å². The molecule has 1 aliphatic rings. The summed E-state index contributed by atoms with van der Waals surface area (Å²) in [7, 11) is -3.52. The summed E-state index contributed by atoms with van der Waals surface area (Å²) in [6, 6.07) is 11.3. The van der Waals surface area contributed by atoms with Gasteiger partial charge in [-0.3, -0.25) is 0 Å². The molecule has 1 saturated carbocycles. The van der Waals surface area contributed by atoms with E-state index >= 15 is 0 Å². The average molecular weight is 326 g/mol. The van der Waals surface area contributed by atoms with Gasteiger partial charge in [0.05, 0.1) is 10.1 Å². The molecule has 6 heteroatoms. The van der Waals surface area contributed by atoms with Gasteiger partial charge in [0.1, 0.15) is 5.82 Å². The molecule has 3 rings (SSSR count). The lowest BCUT2D eigenvalue weighted by molar-refractivity contribution is 0.593. The van der Waals surface area contributed by atoms with E-state index in [-0.39, 0.29) is 16.6 Å². The molecule has 0 spiro atoms. The number of sulfone groups is 1. The monoisotopic (exact) mass is 325 g/mol. The molecular weight excluding hydrogens is 313 g/mol. The summed E-state index contributed by atoms with van der Waals surface area (Å²) >= 11 is 5.77. The molecule has 0 aliphatic heterocycles. The van der Waals surface area contributed by atoms with Crippen molar-refractivity contribution in [2.45, 2.75) is 22.1 Å². The quantitative estimate of drug-likeness (QED) is 0.944. The van der Waals surface area contributed by atoms with E-state index in [1.165, 1.54) is 36.4 Å². The predicted molar refractivity (Wildman–Crippen MR) is 79.5 cm³/mol. The molecule has 0 heterocycles. The maximum absolute atomic E-state index is 12.9. The first kappa shape index (κ1) is 14.5. The fourth-order valence-electron chi connectivity index (χ4n) is 2.58. The van der Waals surface area contributed by atoms with Gasteiger partial charge in [-0.25, -0.2) is 12.8 Å². The Morgan fingerprint density at radius 3 is 2.14 bits per heavy atom. The molecule has 3 nitrogen and oxygen atoms in total. The molecule has 2 aromatic rings. The van der Waals surface area contributed by atoms with Crippen molar-refractivity contribution in [3.63, 3.8) is 0 Å². The fraction of sp³-hybridized carbons (Fsp3) is 0.200. The Morgan fingerprint density at radius 1 is 1.00 bits per heavy atom. The summed E-state index contributed by atoms with van der Waals surface area (Å²) in [4.78, 5) is 0.206. The van der Waals surface area contributed by atoms with Gasteiger partial charge < -0.3 is 5.73 Å². The van der Waals surface area contributed by atoms with Gasteiger partial charge in [-0.1, -0.05) is 23.7 Å². The first-order chi connectivity index (χ1) is 9.91. The molecule has 2 aromatic carbocycles. The smallest absolute Gasteiger partial charge is 0.183 e. The highest BCUT2D eigenvalue weighted by Gasteiger charge is 2.57. The topological polar surface area (TPSA) is 60.2 Å². The third-order valence-electron chi connectivity index (χ3n) is 3.76. The first-order valence-electron chi connectivity index (χ1n) is 6.42. The molecule has 2 N–H and O–H groups in total. The van der Waals surface area contributed by atoms with E-state index in [1.807, 2.05) is 0 Å². The van der Waals surface area contributed by atoms with Crippen LogP contribution in [0.1, 0.15) is 11.5 Å². The first-order valence-corrected chi connectivity index (χ1v) is 8.34. The van der Waals surface area contributed by atoms with Gasteiger partial charge in [0, 0.05) is 17.0 Å². The van der Waals surface area contributed by atoms with Gasteiger partial charge >= 0.3 is 0 Å². The lowest BCUT2D eigenvalue weighted by Crippen LogP contribution is -2.15. The van der Waals surface area contributed by atoms with Crippen molar-refractivity contribution in [2.75, 3.05) is 0 Å². The van der Waals surface area contributed by atoms with Crippen LogP contribution in [0.25, 0.3) is 0 Å². The molecule has 1 fully saturated rings. The van der Waals surface area contributed by atoms with Crippen molar-refractivity contribution in [2.24, 2.45) is 5.73 Å². The SMILES string of the molecule is N[C@@H]1[C@@H](c2ccc(F)cc2)[C@H]1S(=O)(=O)c1ccc(Cl)cc1. The van der Waals surface area contributed by atoms with Crippen molar-refractivity contribution in [1.82, 2.24) is 0 Å². The molecule has 1 aliphatic carbocycles. The van der Waals surface area contributed by atoms with Gasteiger partial charge in [0.2, 0.25) is 0 Å². The minimum Gasteiger partial charge on any atom is -0.326 e. The fourth-order valence-corrected chi connectivity index (χ4v) is 4.76. The minimum atomic E-state index is -3.52. The number of benzene rings is 2. The van der Waals surface area contributed by atoms with Crippen LogP contribution in [-0.4, -0.2) is 19.7 Å². The van der Waals surface area contributed by atoms with E-state index in [0.717, 1.165) is 5.56 Å². The van der Waals surface area contributed by atoms with Gasteiger partial charge in [-0.15, -0.1) is 0 Å². The molecule has 21 heavy (non-hydrogen) atoms. The Morgan fingerprint density at radius 2 is 1.57 bits per heavy atom.